The van der Waals surface area contributed by atoms with Gasteiger partial charge in [-0.3, -0.25) is 14.5 Å². The second-order valence-corrected chi connectivity index (χ2v) is 5.42. The van der Waals surface area contributed by atoms with Crippen LogP contribution in [-0.2, 0) is 7.05 Å². The predicted molar refractivity (Wildman–Crippen MR) is 90.3 cm³/mol. The van der Waals surface area contributed by atoms with E-state index < -0.39 is 0 Å². The molecule has 3 aromatic rings. The highest BCUT2D eigenvalue weighted by molar-refractivity contribution is 6.04. The van der Waals surface area contributed by atoms with E-state index in [1.165, 1.54) is 0 Å². The summed E-state index contributed by atoms with van der Waals surface area (Å²) in [7, 11) is 1.90. The number of rotatable bonds is 3. The van der Waals surface area contributed by atoms with Crippen molar-refractivity contribution in [1.82, 2.24) is 14.8 Å². The summed E-state index contributed by atoms with van der Waals surface area (Å²) in [6.07, 6.45) is 1.65. The Kier molecular flexibility index (Phi) is 3.93. The summed E-state index contributed by atoms with van der Waals surface area (Å²) in [4.78, 5) is 16.8. The summed E-state index contributed by atoms with van der Waals surface area (Å²) >= 11 is 0. The lowest BCUT2D eigenvalue weighted by Crippen LogP contribution is -2.12. The zero-order valence-corrected chi connectivity index (χ0v) is 13.4. The van der Waals surface area contributed by atoms with Crippen molar-refractivity contribution in [2.24, 2.45) is 7.05 Å². The van der Waals surface area contributed by atoms with E-state index in [0.29, 0.717) is 5.56 Å². The van der Waals surface area contributed by atoms with E-state index in [9.17, 15) is 4.79 Å². The van der Waals surface area contributed by atoms with Gasteiger partial charge in [-0.1, -0.05) is 18.2 Å². The van der Waals surface area contributed by atoms with E-state index in [4.69, 9.17) is 0 Å². The predicted octanol–water partition coefficient (Wildman–Crippen LogP) is 3.35. The zero-order valence-electron chi connectivity index (χ0n) is 13.4. The smallest absolute Gasteiger partial charge is 0.255 e. The number of anilines is 1. The van der Waals surface area contributed by atoms with E-state index in [1.54, 1.807) is 18.3 Å². The van der Waals surface area contributed by atoms with Gasteiger partial charge in [0, 0.05) is 35.8 Å². The third kappa shape index (κ3) is 2.99. The SMILES string of the molecule is Cc1nn(C)c(C)c1-c1cc(C(=O)Nc2ccccc2)ccn1. The number of carbonyl (C=O) groups excluding carboxylic acids is 1. The number of benzene rings is 1. The van der Waals surface area contributed by atoms with Crippen LogP contribution in [0.4, 0.5) is 5.69 Å². The molecule has 0 saturated heterocycles. The van der Waals surface area contributed by atoms with Crippen molar-refractivity contribution in [2.45, 2.75) is 13.8 Å². The van der Waals surface area contributed by atoms with Crippen LogP contribution >= 0.6 is 0 Å². The summed E-state index contributed by atoms with van der Waals surface area (Å²) in [6.45, 7) is 3.94. The minimum atomic E-state index is -0.154. The summed E-state index contributed by atoms with van der Waals surface area (Å²) < 4.78 is 1.82. The second kappa shape index (κ2) is 6.04. The minimum absolute atomic E-state index is 0.154. The van der Waals surface area contributed by atoms with Crippen LogP contribution in [0.1, 0.15) is 21.7 Å². The van der Waals surface area contributed by atoms with Gasteiger partial charge in [0.25, 0.3) is 5.91 Å². The molecule has 0 atom stereocenters. The quantitative estimate of drug-likeness (QED) is 0.807. The lowest BCUT2D eigenvalue weighted by molar-refractivity contribution is 0.102. The van der Waals surface area contributed by atoms with Gasteiger partial charge in [-0.05, 0) is 38.1 Å². The molecule has 0 aliphatic heterocycles. The van der Waals surface area contributed by atoms with E-state index in [2.05, 4.69) is 15.4 Å². The Morgan fingerprint density at radius 1 is 1.13 bits per heavy atom. The third-order valence-electron chi connectivity index (χ3n) is 3.82. The average molecular weight is 306 g/mol. The second-order valence-electron chi connectivity index (χ2n) is 5.42. The van der Waals surface area contributed by atoms with Gasteiger partial charge >= 0.3 is 0 Å². The molecule has 0 radical (unpaired) electrons. The first-order chi connectivity index (χ1) is 11.1. The first kappa shape index (κ1) is 15.0. The standard InChI is InChI=1S/C18H18N4O/c1-12-17(13(2)22(3)21-12)16-11-14(9-10-19-16)18(23)20-15-7-5-4-6-8-15/h4-11H,1-3H3,(H,20,23). The fourth-order valence-corrected chi connectivity index (χ4v) is 2.58. The number of carbonyl (C=O) groups is 1. The van der Waals surface area contributed by atoms with Gasteiger partial charge in [-0.25, -0.2) is 0 Å². The van der Waals surface area contributed by atoms with Crippen LogP contribution in [-0.4, -0.2) is 20.7 Å². The Morgan fingerprint density at radius 2 is 1.87 bits per heavy atom. The summed E-state index contributed by atoms with van der Waals surface area (Å²) in [5.41, 5.74) is 5.00. The average Bonchev–Trinajstić information content (AvgIpc) is 2.81. The van der Waals surface area contributed by atoms with Crippen molar-refractivity contribution in [2.75, 3.05) is 5.32 Å². The van der Waals surface area contributed by atoms with Crippen LogP contribution in [0.25, 0.3) is 11.3 Å². The van der Waals surface area contributed by atoms with Crippen LogP contribution in [0.5, 0.6) is 0 Å². The molecule has 0 fully saturated rings. The highest BCUT2D eigenvalue weighted by Gasteiger charge is 2.15. The fourth-order valence-electron chi connectivity index (χ4n) is 2.58. The molecule has 1 N–H and O–H groups in total. The molecule has 0 unspecified atom stereocenters. The van der Waals surface area contributed by atoms with Crippen LogP contribution in [0, 0.1) is 13.8 Å². The van der Waals surface area contributed by atoms with Crippen LogP contribution in [0.3, 0.4) is 0 Å². The Labute approximate surface area is 135 Å². The normalized spacial score (nSPS) is 10.6. The Morgan fingerprint density at radius 3 is 2.52 bits per heavy atom. The van der Waals surface area contributed by atoms with E-state index in [-0.39, 0.29) is 5.91 Å². The monoisotopic (exact) mass is 306 g/mol. The lowest BCUT2D eigenvalue weighted by atomic mass is 10.1. The molecule has 3 rings (SSSR count). The molecule has 0 aliphatic rings. The van der Waals surface area contributed by atoms with Crippen molar-refractivity contribution in [3.05, 3.63) is 65.6 Å². The van der Waals surface area contributed by atoms with Gasteiger partial charge in [-0.15, -0.1) is 0 Å². The van der Waals surface area contributed by atoms with Gasteiger partial charge in [0.1, 0.15) is 0 Å². The van der Waals surface area contributed by atoms with Gasteiger partial charge in [0.2, 0.25) is 0 Å². The molecular weight excluding hydrogens is 288 g/mol. The van der Waals surface area contributed by atoms with Crippen molar-refractivity contribution < 1.29 is 4.79 Å². The van der Waals surface area contributed by atoms with E-state index in [1.807, 2.05) is 55.9 Å². The molecule has 0 aliphatic carbocycles. The number of para-hydroxylation sites is 1. The number of aromatic nitrogens is 3. The van der Waals surface area contributed by atoms with Crippen LogP contribution < -0.4 is 5.32 Å². The molecule has 5 heteroatoms. The molecule has 2 heterocycles. The molecule has 2 aromatic heterocycles. The highest BCUT2D eigenvalue weighted by Crippen LogP contribution is 2.25. The van der Waals surface area contributed by atoms with Crippen molar-refractivity contribution in [3.8, 4) is 11.3 Å². The summed E-state index contributed by atoms with van der Waals surface area (Å²) in [5, 5.41) is 7.29. The largest absolute Gasteiger partial charge is 0.322 e. The number of aryl methyl sites for hydroxylation is 2. The lowest BCUT2D eigenvalue weighted by Gasteiger charge is -2.07. The molecule has 23 heavy (non-hydrogen) atoms. The van der Waals surface area contributed by atoms with E-state index in [0.717, 1.165) is 28.3 Å². The van der Waals surface area contributed by atoms with E-state index >= 15 is 0 Å². The number of amides is 1. The highest BCUT2D eigenvalue weighted by atomic mass is 16.1. The van der Waals surface area contributed by atoms with Gasteiger partial charge < -0.3 is 5.32 Å². The molecule has 0 saturated carbocycles. The van der Waals surface area contributed by atoms with Crippen molar-refractivity contribution >= 4 is 11.6 Å². The maximum atomic E-state index is 12.4. The van der Waals surface area contributed by atoms with Crippen LogP contribution in [0.2, 0.25) is 0 Å². The molecule has 5 nitrogen and oxygen atoms in total. The number of hydrogen-bond donors (Lipinski definition) is 1. The zero-order chi connectivity index (χ0) is 16.4. The molecular formula is C18H18N4O. The first-order valence-corrected chi connectivity index (χ1v) is 7.39. The van der Waals surface area contributed by atoms with Gasteiger partial charge in [0.05, 0.1) is 11.4 Å². The topological polar surface area (TPSA) is 59.8 Å². The molecule has 116 valence electrons. The number of hydrogen-bond acceptors (Lipinski definition) is 3. The summed E-state index contributed by atoms with van der Waals surface area (Å²) in [6, 6.07) is 12.9. The van der Waals surface area contributed by atoms with Gasteiger partial charge in [-0.2, -0.15) is 5.10 Å². The number of nitrogens with one attached hydrogen (secondary N) is 1. The first-order valence-electron chi connectivity index (χ1n) is 7.39. The fraction of sp³-hybridized carbons (Fsp3) is 0.167. The molecule has 1 amide bonds. The maximum absolute atomic E-state index is 12.4. The molecule has 0 spiro atoms. The Hall–Kier alpha value is -2.95. The van der Waals surface area contributed by atoms with Crippen molar-refractivity contribution in [1.29, 1.82) is 0 Å². The molecule has 1 aromatic carbocycles. The Balaban J connectivity index is 1.92. The number of nitrogens with zero attached hydrogens (tertiary/aromatic N) is 3. The number of pyridine rings is 1. The van der Waals surface area contributed by atoms with Crippen molar-refractivity contribution in [3.63, 3.8) is 0 Å². The van der Waals surface area contributed by atoms with Gasteiger partial charge in [0.15, 0.2) is 0 Å². The van der Waals surface area contributed by atoms with Crippen LogP contribution in [0.15, 0.2) is 48.7 Å². The minimum Gasteiger partial charge on any atom is -0.322 e. The molecule has 0 bridgehead atoms. The third-order valence-corrected chi connectivity index (χ3v) is 3.82. The maximum Gasteiger partial charge on any atom is 0.255 e. The summed E-state index contributed by atoms with van der Waals surface area (Å²) in [5.74, 6) is -0.154. The Bertz CT molecular complexity index is 853.